The number of hydrogen-bond donors (Lipinski definition) is 0. The van der Waals surface area contributed by atoms with Crippen molar-refractivity contribution in [3.8, 4) is 11.8 Å². The molecule has 0 unspecified atom stereocenters. The van der Waals surface area contributed by atoms with E-state index < -0.39 is 11.9 Å². The summed E-state index contributed by atoms with van der Waals surface area (Å²) in [5.41, 5.74) is 1.16. The average molecular weight is 200 g/mol. The molecule has 0 bridgehead atoms. The highest BCUT2D eigenvalue weighted by Crippen LogP contribution is 2.22. The second-order valence-corrected chi connectivity index (χ2v) is 3.06. The molecule has 0 saturated carbocycles. The minimum Gasteiger partial charge on any atom is -0.386 e. The zero-order valence-corrected chi connectivity index (χ0v) is 8.16. The Kier molecular flexibility index (Phi) is 2.26. The lowest BCUT2D eigenvalue weighted by Crippen LogP contribution is -1.98. The minimum absolute atomic E-state index is 0.295. The largest absolute Gasteiger partial charge is 0.386 e. The number of benzene rings is 1. The van der Waals surface area contributed by atoms with Crippen LogP contribution < -0.4 is 0 Å². The van der Waals surface area contributed by atoms with Gasteiger partial charge in [-0.3, -0.25) is 0 Å². The molecule has 1 aromatic carbocycles. The average Bonchev–Trinajstić information content (AvgIpc) is 2.53. The standard InChI is InChI=1S/C12H8O3/c1-2-3-5-8-6-4-7-9-10(8)12(14)15-11(9)13/h4,6-7H,2H2,1H3. The zero-order chi connectivity index (χ0) is 10.8. The molecule has 74 valence electrons. The number of ether oxygens (including phenoxy) is 1. The number of cyclic esters (lactones) is 2. The second kappa shape index (κ2) is 3.58. The first-order chi connectivity index (χ1) is 7.24. The number of esters is 2. The molecular weight excluding hydrogens is 192 g/mol. The third kappa shape index (κ3) is 1.50. The lowest BCUT2D eigenvalue weighted by Gasteiger charge is -1.95. The molecule has 0 N–H and O–H groups in total. The molecule has 3 heteroatoms. The molecule has 15 heavy (non-hydrogen) atoms. The Bertz CT molecular complexity index is 503. The van der Waals surface area contributed by atoms with Gasteiger partial charge in [0.1, 0.15) is 0 Å². The van der Waals surface area contributed by atoms with Gasteiger partial charge >= 0.3 is 11.9 Å². The first kappa shape index (κ1) is 9.47. The van der Waals surface area contributed by atoms with Gasteiger partial charge in [0.2, 0.25) is 0 Å². The van der Waals surface area contributed by atoms with Crippen molar-refractivity contribution in [2.75, 3.05) is 0 Å². The quantitative estimate of drug-likeness (QED) is 0.364. The van der Waals surface area contributed by atoms with Crippen LogP contribution in [-0.2, 0) is 4.74 Å². The Morgan fingerprint density at radius 2 is 2.07 bits per heavy atom. The lowest BCUT2D eigenvalue weighted by molar-refractivity contribution is 0.0444. The molecule has 2 rings (SSSR count). The Labute approximate surface area is 87.1 Å². The van der Waals surface area contributed by atoms with Crippen molar-refractivity contribution in [2.45, 2.75) is 13.3 Å². The summed E-state index contributed by atoms with van der Waals surface area (Å²) in [6.07, 6.45) is 0.701. The molecule has 0 spiro atoms. The van der Waals surface area contributed by atoms with Gasteiger partial charge in [0.25, 0.3) is 0 Å². The van der Waals surface area contributed by atoms with Crippen molar-refractivity contribution in [3.63, 3.8) is 0 Å². The Hall–Kier alpha value is -2.08. The molecule has 0 atom stereocenters. The van der Waals surface area contributed by atoms with Crippen molar-refractivity contribution < 1.29 is 14.3 Å². The first-order valence-corrected chi connectivity index (χ1v) is 4.62. The fourth-order valence-electron chi connectivity index (χ4n) is 1.42. The molecule has 0 aromatic heterocycles. The molecule has 1 aliphatic heterocycles. The van der Waals surface area contributed by atoms with Gasteiger partial charge in [-0.1, -0.05) is 24.8 Å². The topological polar surface area (TPSA) is 43.4 Å². The highest BCUT2D eigenvalue weighted by molar-refractivity contribution is 6.15. The summed E-state index contributed by atoms with van der Waals surface area (Å²) in [6.45, 7) is 1.92. The maximum absolute atomic E-state index is 11.3. The predicted molar refractivity (Wildman–Crippen MR) is 53.4 cm³/mol. The predicted octanol–water partition coefficient (Wildman–Crippen LogP) is 1.76. The van der Waals surface area contributed by atoms with Crippen LogP contribution >= 0.6 is 0 Å². The van der Waals surface area contributed by atoms with Crippen molar-refractivity contribution >= 4 is 11.9 Å². The monoisotopic (exact) mass is 200 g/mol. The first-order valence-electron chi connectivity index (χ1n) is 4.62. The van der Waals surface area contributed by atoms with E-state index in [4.69, 9.17) is 0 Å². The van der Waals surface area contributed by atoms with E-state index in [0.29, 0.717) is 23.1 Å². The number of hydrogen-bond acceptors (Lipinski definition) is 3. The smallest absolute Gasteiger partial charge is 0.348 e. The van der Waals surface area contributed by atoms with E-state index in [9.17, 15) is 9.59 Å². The molecule has 1 aliphatic rings. The van der Waals surface area contributed by atoms with E-state index in [0.717, 1.165) is 0 Å². The van der Waals surface area contributed by atoms with Crippen molar-refractivity contribution in [1.29, 1.82) is 0 Å². The van der Waals surface area contributed by atoms with Gasteiger partial charge in [-0.25, -0.2) is 9.59 Å². The molecule has 0 amide bonds. The van der Waals surface area contributed by atoms with Gasteiger partial charge in [-0.05, 0) is 12.1 Å². The summed E-state index contributed by atoms with van der Waals surface area (Å²) in [5, 5.41) is 0. The normalized spacial score (nSPS) is 12.9. The zero-order valence-electron chi connectivity index (χ0n) is 8.16. The van der Waals surface area contributed by atoms with E-state index >= 15 is 0 Å². The summed E-state index contributed by atoms with van der Waals surface area (Å²) < 4.78 is 4.51. The third-order valence-electron chi connectivity index (χ3n) is 2.07. The highest BCUT2D eigenvalue weighted by atomic mass is 16.6. The van der Waals surface area contributed by atoms with Gasteiger partial charge in [0, 0.05) is 12.0 Å². The van der Waals surface area contributed by atoms with Crippen LogP contribution in [0.25, 0.3) is 0 Å². The van der Waals surface area contributed by atoms with Crippen molar-refractivity contribution in [2.24, 2.45) is 0 Å². The summed E-state index contributed by atoms with van der Waals surface area (Å²) in [6, 6.07) is 4.97. The molecule has 1 heterocycles. The Balaban J connectivity index is 2.60. The molecule has 0 radical (unpaired) electrons. The van der Waals surface area contributed by atoms with Gasteiger partial charge in [0.15, 0.2) is 0 Å². The van der Waals surface area contributed by atoms with E-state index in [1.807, 2.05) is 6.92 Å². The summed E-state index contributed by atoms with van der Waals surface area (Å²) >= 11 is 0. The fourth-order valence-corrected chi connectivity index (χ4v) is 1.42. The van der Waals surface area contributed by atoms with Crippen LogP contribution in [0.15, 0.2) is 18.2 Å². The number of carbonyl (C=O) groups excluding carboxylic acids is 2. The van der Waals surface area contributed by atoms with Gasteiger partial charge < -0.3 is 4.74 Å². The van der Waals surface area contributed by atoms with Gasteiger partial charge in [-0.15, -0.1) is 0 Å². The Morgan fingerprint density at radius 1 is 1.27 bits per heavy atom. The Morgan fingerprint density at radius 3 is 2.80 bits per heavy atom. The molecule has 3 nitrogen and oxygen atoms in total. The number of carbonyl (C=O) groups is 2. The van der Waals surface area contributed by atoms with Crippen LogP contribution in [-0.4, -0.2) is 11.9 Å². The number of fused-ring (bicyclic) bond motifs is 1. The fraction of sp³-hybridized carbons (Fsp3) is 0.167. The molecule has 0 aliphatic carbocycles. The second-order valence-electron chi connectivity index (χ2n) is 3.06. The van der Waals surface area contributed by atoms with Crippen molar-refractivity contribution in [1.82, 2.24) is 0 Å². The SMILES string of the molecule is CCC#Cc1cccc2c1C(=O)OC2=O. The van der Waals surface area contributed by atoms with Crippen LogP contribution in [0, 0.1) is 11.8 Å². The maximum atomic E-state index is 11.3. The van der Waals surface area contributed by atoms with Gasteiger partial charge in [-0.2, -0.15) is 0 Å². The number of rotatable bonds is 0. The van der Waals surface area contributed by atoms with Crippen LogP contribution in [0.2, 0.25) is 0 Å². The van der Waals surface area contributed by atoms with E-state index in [2.05, 4.69) is 16.6 Å². The molecule has 0 saturated heterocycles. The van der Waals surface area contributed by atoms with Crippen LogP contribution in [0.1, 0.15) is 39.6 Å². The molecule has 0 fully saturated rings. The highest BCUT2D eigenvalue weighted by Gasteiger charge is 2.31. The third-order valence-corrected chi connectivity index (χ3v) is 2.07. The van der Waals surface area contributed by atoms with E-state index in [-0.39, 0.29) is 0 Å². The minimum atomic E-state index is -0.601. The van der Waals surface area contributed by atoms with Crippen LogP contribution in [0.5, 0.6) is 0 Å². The van der Waals surface area contributed by atoms with E-state index in [1.165, 1.54) is 0 Å². The van der Waals surface area contributed by atoms with Crippen LogP contribution in [0.3, 0.4) is 0 Å². The van der Waals surface area contributed by atoms with E-state index in [1.54, 1.807) is 18.2 Å². The van der Waals surface area contributed by atoms with Crippen molar-refractivity contribution in [3.05, 3.63) is 34.9 Å². The summed E-state index contributed by atoms with van der Waals surface area (Å²) in [7, 11) is 0. The summed E-state index contributed by atoms with van der Waals surface area (Å²) in [5.74, 6) is 4.51. The lowest BCUT2D eigenvalue weighted by atomic mass is 10.0. The van der Waals surface area contributed by atoms with Crippen LogP contribution in [0.4, 0.5) is 0 Å². The molecular formula is C12H8O3. The maximum Gasteiger partial charge on any atom is 0.348 e. The summed E-state index contributed by atoms with van der Waals surface area (Å²) in [4.78, 5) is 22.6. The van der Waals surface area contributed by atoms with Gasteiger partial charge in [0.05, 0.1) is 11.1 Å². The molecule has 1 aromatic rings.